The maximum atomic E-state index is 6.51. The van der Waals surface area contributed by atoms with Crippen molar-refractivity contribution in [3.63, 3.8) is 0 Å². The van der Waals surface area contributed by atoms with Gasteiger partial charge in [-0.3, -0.25) is 0 Å². The van der Waals surface area contributed by atoms with E-state index >= 15 is 0 Å². The molecule has 1 aliphatic carbocycles. The number of hydrogen-bond donors (Lipinski definition) is 0. The van der Waals surface area contributed by atoms with E-state index < -0.39 is 0 Å². The quantitative estimate of drug-likeness (QED) is 0.243. The highest BCUT2D eigenvalue weighted by atomic mass is 16.5. The summed E-state index contributed by atoms with van der Waals surface area (Å²) in [4.78, 5) is 0. The summed E-state index contributed by atoms with van der Waals surface area (Å²) >= 11 is 0. The van der Waals surface area contributed by atoms with E-state index in [9.17, 15) is 0 Å². The molecule has 0 bridgehead atoms. The van der Waals surface area contributed by atoms with Gasteiger partial charge in [-0.25, -0.2) is 0 Å². The molecule has 6 aromatic rings. The second kappa shape index (κ2) is 7.44. The van der Waals surface area contributed by atoms with Gasteiger partial charge < -0.3 is 4.74 Å². The summed E-state index contributed by atoms with van der Waals surface area (Å²) < 4.78 is 6.51. The normalized spacial score (nSPS) is 16.6. The first kappa shape index (κ1) is 20.6. The van der Waals surface area contributed by atoms with Crippen molar-refractivity contribution in [3.8, 4) is 44.9 Å². The van der Waals surface area contributed by atoms with Crippen molar-refractivity contribution in [3.05, 3.63) is 144 Å². The molecular formula is C36H24O. The lowest BCUT2D eigenvalue weighted by atomic mass is 9.74. The highest BCUT2D eigenvalue weighted by Crippen LogP contribution is 2.57. The first-order chi connectivity index (χ1) is 18.2. The third-order valence-electron chi connectivity index (χ3n) is 8.36. The van der Waals surface area contributed by atoms with Crippen LogP contribution in [0.2, 0.25) is 0 Å². The minimum atomic E-state index is -0.221. The number of ether oxygens (including phenoxy) is 1. The van der Waals surface area contributed by atoms with Crippen LogP contribution in [-0.4, -0.2) is 0 Å². The van der Waals surface area contributed by atoms with Gasteiger partial charge in [-0.05, 0) is 69.0 Å². The molecule has 6 aromatic carbocycles. The lowest BCUT2D eigenvalue weighted by molar-refractivity contribution is 0.487. The van der Waals surface area contributed by atoms with Crippen molar-refractivity contribution < 1.29 is 4.74 Å². The van der Waals surface area contributed by atoms with Crippen molar-refractivity contribution in [1.29, 1.82) is 0 Å². The molecule has 1 unspecified atom stereocenters. The fourth-order valence-electron chi connectivity index (χ4n) is 6.69. The Hall–Kier alpha value is -4.62. The topological polar surface area (TPSA) is 9.23 Å². The molecule has 1 heterocycles. The lowest BCUT2D eigenvalue weighted by Gasteiger charge is -2.28. The Kier molecular flexibility index (Phi) is 4.14. The molecular weight excluding hydrogens is 448 g/mol. The molecule has 0 amide bonds. The van der Waals surface area contributed by atoms with E-state index in [0.717, 1.165) is 11.5 Å². The molecule has 0 saturated heterocycles. The lowest BCUT2D eigenvalue weighted by Crippen LogP contribution is -2.22. The minimum Gasteiger partial charge on any atom is -0.456 e. The molecule has 8 rings (SSSR count). The van der Waals surface area contributed by atoms with Gasteiger partial charge in [0.2, 0.25) is 0 Å². The molecule has 1 atom stereocenters. The van der Waals surface area contributed by atoms with Crippen LogP contribution in [-0.2, 0) is 5.41 Å². The molecule has 0 radical (unpaired) electrons. The first-order valence-electron chi connectivity index (χ1n) is 12.9. The summed E-state index contributed by atoms with van der Waals surface area (Å²) in [5.41, 5.74) is 11.3. The van der Waals surface area contributed by atoms with Crippen LogP contribution in [0.4, 0.5) is 0 Å². The number of hydrogen-bond acceptors (Lipinski definition) is 1. The molecule has 0 fully saturated rings. The minimum absolute atomic E-state index is 0.221. The molecule has 1 nitrogen and oxygen atoms in total. The van der Waals surface area contributed by atoms with Gasteiger partial charge >= 0.3 is 0 Å². The Labute approximate surface area is 216 Å². The molecule has 37 heavy (non-hydrogen) atoms. The summed E-state index contributed by atoms with van der Waals surface area (Å²) in [6, 6.07) is 46.0. The zero-order valence-corrected chi connectivity index (χ0v) is 20.5. The van der Waals surface area contributed by atoms with Gasteiger partial charge in [-0.2, -0.15) is 0 Å². The van der Waals surface area contributed by atoms with Gasteiger partial charge in [0.1, 0.15) is 11.5 Å². The van der Waals surface area contributed by atoms with E-state index in [1.165, 1.54) is 60.8 Å². The Morgan fingerprint density at radius 2 is 1.05 bits per heavy atom. The molecule has 0 N–H and O–H groups in total. The van der Waals surface area contributed by atoms with Crippen LogP contribution >= 0.6 is 0 Å². The van der Waals surface area contributed by atoms with Gasteiger partial charge in [0, 0.05) is 16.4 Å². The van der Waals surface area contributed by atoms with Crippen LogP contribution in [0.15, 0.2) is 127 Å². The molecule has 0 aromatic heterocycles. The van der Waals surface area contributed by atoms with E-state index in [-0.39, 0.29) is 5.41 Å². The summed E-state index contributed by atoms with van der Waals surface area (Å²) in [7, 11) is 0. The van der Waals surface area contributed by atoms with Crippen molar-refractivity contribution in [2.45, 2.75) is 12.3 Å². The highest BCUT2D eigenvalue weighted by Gasteiger charge is 2.42. The molecule has 174 valence electrons. The Balaban J connectivity index is 1.46. The highest BCUT2D eigenvalue weighted by molar-refractivity contribution is 6.09. The van der Waals surface area contributed by atoms with Crippen LogP contribution < -0.4 is 4.74 Å². The molecule has 1 heteroatoms. The fourth-order valence-corrected chi connectivity index (χ4v) is 6.69. The van der Waals surface area contributed by atoms with E-state index in [1.54, 1.807) is 0 Å². The third kappa shape index (κ3) is 2.69. The van der Waals surface area contributed by atoms with Gasteiger partial charge in [-0.15, -0.1) is 0 Å². The standard InChI is InChI=1S/C36H24O/c1-36(24-13-3-2-4-14-24)29-19-6-5-15-27(29)34-25(16-9-20-30(34)36)26-17-10-22-32-35(26)28-18-7-11-23-12-8-21-31(37-32)33(23)28/h2-22H,1H3. The predicted molar refractivity (Wildman–Crippen MR) is 152 cm³/mol. The summed E-state index contributed by atoms with van der Waals surface area (Å²) in [5.74, 6) is 1.84. The molecule has 0 saturated carbocycles. The summed E-state index contributed by atoms with van der Waals surface area (Å²) in [6.07, 6.45) is 0. The zero-order chi connectivity index (χ0) is 24.6. The van der Waals surface area contributed by atoms with E-state index in [1.807, 2.05) is 0 Å². The van der Waals surface area contributed by atoms with Gasteiger partial charge in [0.05, 0.1) is 0 Å². The predicted octanol–water partition coefficient (Wildman–Crippen LogP) is 9.61. The third-order valence-corrected chi connectivity index (χ3v) is 8.36. The van der Waals surface area contributed by atoms with Crippen LogP contribution in [0.3, 0.4) is 0 Å². The number of benzene rings is 6. The zero-order valence-electron chi connectivity index (χ0n) is 20.5. The maximum Gasteiger partial charge on any atom is 0.135 e. The fraction of sp³-hybridized carbons (Fsp3) is 0.0556. The SMILES string of the molecule is CC1(c2ccccc2)c2ccccc2-c2c(-c3cccc4c3-c3cccc5cccc(c35)O4)cccc21. The molecule has 2 aliphatic rings. The monoisotopic (exact) mass is 472 g/mol. The summed E-state index contributed by atoms with van der Waals surface area (Å²) in [5, 5.41) is 2.39. The van der Waals surface area contributed by atoms with Crippen molar-refractivity contribution >= 4 is 10.8 Å². The largest absolute Gasteiger partial charge is 0.456 e. The van der Waals surface area contributed by atoms with Crippen molar-refractivity contribution in [2.75, 3.05) is 0 Å². The average molecular weight is 473 g/mol. The van der Waals surface area contributed by atoms with Crippen molar-refractivity contribution in [1.82, 2.24) is 0 Å². The maximum absolute atomic E-state index is 6.51. The summed E-state index contributed by atoms with van der Waals surface area (Å²) in [6.45, 7) is 2.37. The second-order valence-corrected chi connectivity index (χ2v) is 10.2. The van der Waals surface area contributed by atoms with E-state index in [2.05, 4.69) is 134 Å². The average Bonchev–Trinajstić information content (AvgIpc) is 3.23. The van der Waals surface area contributed by atoms with Gasteiger partial charge in [-0.1, -0.05) is 115 Å². The van der Waals surface area contributed by atoms with Crippen LogP contribution in [0.1, 0.15) is 23.6 Å². The molecule has 0 spiro atoms. The van der Waals surface area contributed by atoms with Crippen LogP contribution in [0.25, 0.3) is 44.2 Å². The van der Waals surface area contributed by atoms with Crippen LogP contribution in [0.5, 0.6) is 11.5 Å². The van der Waals surface area contributed by atoms with E-state index in [4.69, 9.17) is 4.74 Å². The number of rotatable bonds is 2. The smallest absolute Gasteiger partial charge is 0.135 e. The van der Waals surface area contributed by atoms with Crippen LogP contribution in [0, 0.1) is 0 Å². The molecule has 1 aliphatic heterocycles. The van der Waals surface area contributed by atoms with Gasteiger partial charge in [0.25, 0.3) is 0 Å². The van der Waals surface area contributed by atoms with Crippen molar-refractivity contribution in [2.24, 2.45) is 0 Å². The first-order valence-corrected chi connectivity index (χ1v) is 12.9. The Morgan fingerprint density at radius 3 is 1.92 bits per heavy atom. The number of fused-ring (bicyclic) bond motifs is 5. The Morgan fingerprint density at radius 1 is 0.459 bits per heavy atom. The van der Waals surface area contributed by atoms with Gasteiger partial charge in [0.15, 0.2) is 0 Å². The van der Waals surface area contributed by atoms with E-state index in [0.29, 0.717) is 0 Å². The Bertz CT molecular complexity index is 1860. The second-order valence-electron chi connectivity index (χ2n) is 10.2.